The number of nitrogens with one attached hydrogen (secondary N) is 1. The van der Waals surface area contributed by atoms with Gasteiger partial charge in [0, 0.05) is 23.4 Å². The van der Waals surface area contributed by atoms with Gasteiger partial charge in [0.1, 0.15) is 4.88 Å². The van der Waals surface area contributed by atoms with E-state index < -0.39 is 0 Å². The molecule has 2 heterocycles. The molecule has 0 bridgehead atoms. The van der Waals surface area contributed by atoms with Crippen LogP contribution in [0.4, 0.5) is 0 Å². The number of nitrogens with zero attached hydrogens (tertiary/aromatic N) is 1. The molecule has 2 aromatic rings. The molecule has 1 aliphatic rings. The minimum atomic E-state index is -0.349. The third-order valence-corrected chi connectivity index (χ3v) is 5.70. The smallest absolute Gasteiger partial charge is 0.348 e. The second-order valence-electron chi connectivity index (χ2n) is 6.22. The Morgan fingerprint density at radius 3 is 2.92 bits per heavy atom. The van der Waals surface area contributed by atoms with E-state index in [1.807, 2.05) is 31.3 Å². The molecule has 0 spiro atoms. The number of benzene rings is 1. The molecule has 1 fully saturated rings. The molecular formula is C18H22N2O3S. The number of hydrogen-bond acceptors (Lipinski definition) is 5. The summed E-state index contributed by atoms with van der Waals surface area (Å²) in [6.07, 6.45) is 1.97. The van der Waals surface area contributed by atoms with Crippen molar-refractivity contribution in [2.75, 3.05) is 27.2 Å². The lowest BCUT2D eigenvalue weighted by molar-refractivity contribution is -0.126. The van der Waals surface area contributed by atoms with Gasteiger partial charge < -0.3 is 15.0 Å². The van der Waals surface area contributed by atoms with E-state index in [9.17, 15) is 9.59 Å². The maximum absolute atomic E-state index is 12.5. The Hall–Kier alpha value is -1.92. The van der Waals surface area contributed by atoms with E-state index in [0.717, 1.165) is 41.6 Å². The van der Waals surface area contributed by atoms with E-state index in [-0.39, 0.29) is 17.8 Å². The van der Waals surface area contributed by atoms with E-state index in [1.165, 1.54) is 18.4 Å². The molecule has 1 aromatic heterocycles. The highest BCUT2D eigenvalue weighted by Gasteiger charge is 2.25. The van der Waals surface area contributed by atoms with E-state index in [0.29, 0.717) is 11.4 Å². The highest BCUT2D eigenvalue weighted by Crippen LogP contribution is 2.32. The number of piperidine rings is 1. The van der Waals surface area contributed by atoms with Gasteiger partial charge in [-0.15, -0.1) is 11.3 Å². The van der Waals surface area contributed by atoms with Gasteiger partial charge >= 0.3 is 5.97 Å². The Morgan fingerprint density at radius 1 is 1.38 bits per heavy atom. The standard InChI is InChI=1S/C18H22N2O3S/c1-20-9-5-6-12(11-20)17(21)19-10-14-13-7-3-4-8-15(13)24-16(14)18(22)23-2/h3-4,7-8,12H,5-6,9-11H2,1-2H3,(H,19,21)/t12-/m1/s1. The van der Waals surface area contributed by atoms with Gasteiger partial charge in [0.15, 0.2) is 0 Å². The third-order valence-electron chi connectivity index (χ3n) is 4.50. The van der Waals surface area contributed by atoms with Crippen molar-refractivity contribution >= 4 is 33.3 Å². The fraction of sp³-hybridized carbons (Fsp3) is 0.444. The molecule has 1 aliphatic heterocycles. The van der Waals surface area contributed by atoms with Crippen LogP contribution in [0.1, 0.15) is 28.1 Å². The number of thiophene rings is 1. The first-order valence-corrected chi connectivity index (χ1v) is 8.96. The molecule has 24 heavy (non-hydrogen) atoms. The molecule has 1 aromatic carbocycles. The number of esters is 1. The van der Waals surface area contributed by atoms with E-state index >= 15 is 0 Å². The Labute approximate surface area is 145 Å². The fourth-order valence-electron chi connectivity index (χ4n) is 3.23. The Morgan fingerprint density at radius 2 is 2.17 bits per heavy atom. The SMILES string of the molecule is COC(=O)c1sc2ccccc2c1CNC(=O)[C@@H]1CCCN(C)C1. The van der Waals surface area contributed by atoms with Crippen molar-refractivity contribution < 1.29 is 14.3 Å². The lowest BCUT2D eigenvalue weighted by Crippen LogP contribution is -2.41. The van der Waals surface area contributed by atoms with Crippen molar-refractivity contribution in [1.82, 2.24) is 10.2 Å². The number of fused-ring (bicyclic) bond motifs is 1. The summed E-state index contributed by atoms with van der Waals surface area (Å²) in [5.74, 6) is -0.263. The lowest BCUT2D eigenvalue weighted by atomic mass is 9.97. The van der Waals surface area contributed by atoms with Gasteiger partial charge in [-0.1, -0.05) is 18.2 Å². The monoisotopic (exact) mass is 346 g/mol. The maximum atomic E-state index is 12.5. The molecule has 1 amide bonds. The summed E-state index contributed by atoms with van der Waals surface area (Å²) >= 11 is 1.41. The van der Waals surface area contributed by atoms with Gasteiger partial charge in [0.2, 0.25) is 5.91 Å². The van der Waals surface area contributed by atoms with E-state index in [1.54, 1.807) is 0 Å². The molecule has 6 heteroatoms. The van der Waals surface area contributed by atoms with Gasteiger partial charge in [-0.05, 0) is 37.9 Å². The van der Waals surface area contributed by atoms with Gasteiger partial charge in [-0.25, -0.2) is 4.79 Å². The maximum Gasteiger partial charge on any atom is 0.348 e. The third kappa shape index (κ3) is 3.44. The van der Waals surface area contributed by atoms with Gasteiger partial charge in [0.05, 0.1) is 13.0 Å². The predicted octanol–water partition coefficient (Wildman–Crippen LogP) is 2.65. The van der Waals surface area contributed by atoms with E-state index in [4.69, 9.17) is 4.74 Å². The average Bonchev–Trinajstić information content (AvgIpc) is 2.97. The molecule has 128 valence electrons. The molecule has 5 nitrogen and oxygen atoms in total. The number of likely N-dealkylation sites (tertiary alicyclic amines) is 1. The fourth-order valence-corrected chi connectivity index (χ4v) is 4.37. The molecule has 1 N–H and O–H groups in total. The predicted molar refractivity (Wildman–Crippen MR) is 95.2 cm³/mol. The van der Waals surface area contributed by atoms with Crippen LogP contribution in [0.15, 0.2) is 24.3 Å². The summed E-state index contributed by atoms with van der Waals surface area (Å²) < 4.78 is 5.92. The normalized spacial score (nSPS) is 18.5. The lowest BCUT2D eigenvalue weighted by Gasteiger charge is -2.28. The molecule has 3 rings (SSSR count). The summed E-state index contributed by atoms with van der Waals surface area (Å²) in [4.78, 5) is 27.3. The Balaban J connectivity index is 1.79. The first-order chi connectivity index (χ1) is 11.6. The first kappa shape index (κ1) is 16.9. The highest BCUT2D eigenvalue weighted by molar-refractivity contribution is 7.21. The van der Waals surface area contributed by atoms with Crippen LogP contribution >= 0.6 is 11.3 Å². The average molecular weight is 346 g/mol. The molecule has 0 aliphatic carbocycles. The van der Waals surface area contributed by atoms with Crippen LogP contribution in [-0.4, -0.2) is 44.0 Å². The minimum absolute atomic E-state index is 0.0234. The number of rotatable bonds is 4. The summed E-state index contributed by atoms with van der Waals surface area (Å²) in [5.41, 5.74) is 0.847. The van der Waals surface area contributed by atoms with Crippen molar-refractivity contribution in [1.29, 1.82) is 0 Å². The summed E-state index contributed by atoms with van der Waals surface area (Å²) in [7, 11) is 3.42. The van der Waals surface area contributed by atoms with Crippen molar-refractivity contribution in [3.05, 3.63) is 34.7 Å². The van der Waals surface area contributed by atoms with Crippen LogP contribution in [0.3, 0.4) is 0 Å². The van der Waals surface area contributed by atoms with Crippen LogP contribution in [0.2, 0.25) is 0 Å². The summed E-state index contributed by atoms with van der Waals surface area (Å²) in [5, 5.41) is 4.02. The zero-order valence-electron chi connectivity index (χ0n) is 14.0. The van der Waals surface area contributed by atoms with Gasteiger partial charge in [-0.3, -0.25) is 4.79 Å². The zero-order valence-corrected chi connectivity index (χ0v) is 14.8. The highest BCUT2D eigenvalue weighted by atomic mass is 32.1. The van der Waals surface area contributed by atoms with Crippen LogP contribution in [0.5, 0.6) is 0 Å². The van der Waals surface area contributed by atoms with Crippen LogP contribution in [0.25, 0.3) is 10.1 Å². The topological polar surface area (TPSA) is 58.6 Å². The van der Waals surface area contributed by atoms with Gasteiger partial charge in [-0.2, -0.15) is 0 Å². The zero-order chi connectivity index (χ0) is 17.1. The largest absolute Gasteiger partial charge is 0.465 e. The molecule has 0 unspecified atom stereocenters. The number of ether oxygens (including phenoxy) is 1. The number of hydrogen-bond donors (Lipinski definition) is 1. The van der Waals surface area contributed by atoms with E-state index in [2.05, 4.69) is 10.2 Å². The molecule has 0 radical (unpaired) electrons. The molecular weight excluding hydrogens is 324 g/mol. The van der Waals surface area contributed by atoms with Crippen molar-refractivity contribution in [2.45, 2.75) is 19.4 Å². The summed E-state index contributed by atoms with van der Waals surface area (Å²) in [6, 6.07) is 7.85. The second kappa shape index (κ2) is 7.32. The van der Waals surface area contributed by atoms with Crippen LogP contribution < -0.4 is 5.32 Å². The molecule has 0 saturated carbocycles. The van der Waals surface area contributed by atoms with Crippen LogP contribution in [-0.2, 0) is 16.1 Å². The van der Waals surface area contributed by atoms with Crippen LogP contribution in [0, 0.1) is 5.92 Å². The molecule has 1 atom stereocenters. The Bertz CT molecular complexity index is 756. The molecule has 1 saturated heterocycles. The number of carbonyl (C=O) groups is 2. The quantitative estimate of drug-likeness (QED) is 0.865. The first-order valence-electron chi connectivity index (χ1n) is 8.15. The van der Waals surface area contributed by atoms with Crippen molar-refractivity contribution in [3.8, 4) is 0 Å². The van der Waals surface area contributed by atoms with Gasteiger partial charge in [0.25, 0.3) is 0 Å². The second-order valence-corrected chi connectivity index (χ2v) is 7.27. The van der Waals surface area contributed by atoms with Crippen molar-refractivity contribution in [3.63, 3.8) is 0 Å². The summed E-state index contributed by atoms with van der Waals surface area (Å²) in [6.45, 7) is 2.19. The Kier molecular flexibility index (Phi) is 5.16. The number of amides is 1. The van der Waals surface area contributed by atoms with Crippen molar-refractivity contribution in [2.24, 2.45) is 5.92 Å². The number of methoxy groups -OCH3 is 1. The minimum Gasteiger partial charge on any atom is -0.465 e. The number of carbonyl (C=O) groups excluding carboxylic acids is 2.